The second-order valence-electron chi connectivity index (χ2n) is 8.31. The van der Waals surface area contributed by atoms with Crippen molar-refractivity contribution in [3.05, 3.63) is 75.9 Å². The van der Waals surface area contributed by atoms with Gasteiger partial charge in [0.05, 0.1) is 17.7 Å². The van der Waals surface area contributed by atoms with Crippen molar-refractivity contribution in [3.8, 4) is 0 Å². The molecule has 1 aromatic carbocycles. The fraction of sp³-hybridized carbons (Fsp3) is 0.375. The van der Waals surface area contributed by atoms with E-state index in [1.165, 1.54) is 12.5 Å². The number of ketones is 1. The van der Waals surface area contributed by atoms with Gasteiger partial charge < -0.3 is 20.1 Å². The summed E-state index contributed by atoms with van der Waals surface area (Å²) in [5.74, 6) is -0.614. The predicted octanol–water partition coefficient (Wildman–Crippen LogP) is 3.37. The second kappa shape index (κ2) is 10.1. The van der Waals surface area contributed by atoms with E-state index in [1.807, 2.05) is 48.0 Å². The third-order valence-electron chi connectivity index (χ3n) is 6.12. The minimum absolute atomic E-state index is 0.214. The highest BCUT2D eigenvalue weighted by atomic mass is 79.9. The van der Waals surface area contributed by atoms with Crippen molar-refractivity contribution in [1.29, 1.82) is 0 Å². The van der Waals surface area contributed by atoms with Gasteiger partial charge in [-0.3, -0.25) is 4.79 Å². The predicted molar refractivity (Wildman–Crippen MR) is 126 cm³/mol. The van der Waals surface area contributed by atoms with Crippen LogP contribution in [0.5, 0.6) is 0 Å². The smallest absolute Gasteiger partial charge is 0.199 e. The van der Waals surface area contributed by atoms with E-state index in [1.54, 1.807) is 0 Å². The molecule has 1 saturated carbocycles. The molecule has 174 valence electrons. The summed E-state index contributed by atoms with van der Waals surface area (Å²) in [6, 6.07) is 9.10. The summed E-state index contributed by atoms with van der Waals surface area (Å²) >= 11 is 3.49. The molecule has 3 aromatic rings. The molecule has 0 spiro atoms. The van der Waals surface area contributed by atoms with Crippen LogP contribution in [0.4, 0.5) is 10.2 Å². The molecule has 3 N–H and O–H groups in total. The van der Waals surface area contributed by atoms with E-state index in [0.717, 1.165) is 22.2 Å². The maximum absolute atomic E-state index is 14.5. The first kappa shape index (κ1) is 23.5. The zero-order chi connectivity index (χ0) is 23.5. The van der Waals surface area contributed by atoms with Gasteiger partial charge in [0, 0.05) is 47.2 Å². The van der Waals surface area contributed by atoms with Gasteiger partial charge in [-0.05, 0) is 36.6 Å². The van der Waals surface area contributed by atoms with Gasteiger partial charge in [0.1, 0.15) is 18.3 Å². The average molecular weight is 517 g/mol. The molecular formula is C24H26BrFN4O3. The van der Waals surface area contributed by atoms with E-state index < -0.39 is 24.2 Å². The number of halogens is 2. The summed E-state index contributed by atoms with van der Waals surface area (Å²) in [4.78, 5) is 21.5. The van der Waals surface area contributed by atoms with Crippen LogP contribution >= 0.6 is 15.9 Å². The second-order valence-corrected chi connectivity index (χ2v) is 9.23. The van der Waals surface area contributed by atoms with Crippen molar-refractivity contribution in [3.63, 3.8) is 0 Å². The van der Waals surface area contributed by atoms with Crippen LogP contribution < -0.4 is 5.32 Å². The lowest BCUT2D eigenvalue weighted by atomic mass is 10.1. The number of carbonyl (C=O) groups excluding carboxylic acids is 1. The van der Waals surface area contributed by atoms with Gasteiger partial charge in [0.15, 0.2) is 5.78 Å². The lowest BCUT2D eigenvalue weighted by molar-refractivity contribution is 0.0444. The van der Waals surface area contributed by atoms with Gasteiger partial charge in [0.25, 0.3) is 0 Å². The average Bonchev–Trinajstić information content (AvgIpc) is 3.34. The Morgan fingerprint density at radius 2 is 2.18 bits per heavy atom. The molecule has 1 fully saturated rings. The first-order valence-electron chi connectivity index (χ1n) is 10.9. The van der Waals surface area contributed by atoms with Gasteiger partial charge in [-0.25, -0.2) is 14.4 Å². The van der Waals surface area contributed by atoms with Crippen molar-refractivity contribution in [2.24, 2.45) is 5.92 Å². The SMILES string of the molecule is CCc1cc(C(=O)c2cncnc2NC2C[C@H](CO)[C@@H](O)[C@@H]2F)cn1Cc1cccc(Br)c1. The maximum Gasteiger partial charge on any atom is 0.199 e. The molecular weight excluding hydrogens is 491 g/mol. The minimum Gasteiger partial charge on any atom is -0.396 e. The summed E-state index contributed by atoms with van der Waals surface area (Å²) in [6.45, 7) is 2.35. The summed E-state index contributed by atoms with van der Waals surface area (Å²) in [5.41, 5.74) is 2.84. The molecule has 1 aliphatic rings. The first-order chi connectivity index (χ1) is 15.9. The highest BCUT2D eigenvalue weighted by Gasteiger charge is 2.43. The van der Waals surface area contributed by atoms with E-state index in [9.17, 15) is 19.4 Å². The van der Waals surface area contributed by atoms with Gasteiger partial charge in [-0.15, -0.1) is 0 Å². The van der Waals surface area contributed by atoms with E-state index in [2.05, 4.69) is 31.2 Å². The van der Waals surface area contributed by atoms with Crippen molar-refractivity contribution in [2.45, 2.75) is 44.6 Å². The molecule has 1 aliphatic carbocycles. The molecule has 0 saturated heterocycles. The molecule has 4 rings (SSSR count). The number of aryl methyl sites for hydroxylation is 1. The monoisotopic (exact) mass is 516 g/mol. The van der Waals surface area contributed by atoms with Crippen LogP contribution in [0.25, 0.3) is 0 Å². The number of aliphatic hydroxyl groups is 2. The van der Waals surface area contributed by atoms with Crippen molar-refractivity contribution in [1.82, 2.24) is 14.5 Å². The minimum atomic E-state index is -1.57. The Balaban J connectivity index is 1.58. The van der Waals surface area contributed by atoms with Gasteiger partial charge in [-0.1, -0.05) is 35.0 Å². The lowest BCUT2D eigenvalue weighted by Crippen LogP contribution is -2.32. The molecule has 2 heterocycles. The van der Waals surface area contributed by atoms with Crippen LogP contribution in [0.2, 0.25) is 0 Å². The third kappa shape index (κ3) is 5.00. The van der Waals surface area contributed by atoms with Crippen LogP contribution in [-0.2, 0) is 13.0 Å². The van der Waals surface area contributed by atoms with Crippen molar-refractivity contribution < 1.29 is 19.4 Å². The Labute approximate surface area is 199 Å². The van der Waals surface area contributed by atoms with Gasteiger partial charge in [0.2, 0.25) is 0 Å². The Morgan fingerprint density at radius 1 is 1.36 bits per heavy atom. The molecule has 0 aliphatic heterocycles. The van der Waals surface area contributed by atoms with Gasteiger partial charge in [-0.2, -0.15) is 0 Å². The molecule has 33 heavy (non-hydrogen) atoms. The molecule has 0 amide bonds. The zero-order valence-electron chi connectivity index (χ0n) is 18.2. The number of hydrogen-bond acceptors (Lipinski definition) is 6. The third-order valence-corrected chi connectivity index (χ3v) is 6.61. The Bertz CT molecular complexity index is 1140. The van der Waals surface area contributed by atoms with Crippen molar-refractivity contribution >= 4 is 27.5 Å². The normalized spacial score (nSPS) is 22.5. The Kier molecular flexibility index (Phi) is 7.21. The fourth-order valence-electron chi connectivity index (χ4n) is 4.32. The van der Waals surface area contributed by atoms with Crippen LogP contribution in [0, 0.1) is 5.92 Å². The zero-order valence-corrected chi connectivity index (χ0v) is 19.7. The Hall–Kier alpha value is -2.62. The molecule has 2 aromatic heterocycles. The number of nitrogens with one attached hydrogen (secondary N) is 1. The van der Waals surface area contributed by atoms with Crippen LogP contribution in [-0.4, -0.2) is 55.5 Å². The number of hydrogen-bond donors (Lipinski definition) is 3. The van der Waals surface area contributed by atoms with Crippen LogP contribution in [0.15, 0.2) is 53.5 Å². The quantitative estimate of drug-likeness (QED) is 0.397. The van der Waals surface area contributed by atoms with Gasteiger partial charge >= 0.3 is 0 Å². The molecule has 0 bridgehead atoms. The standard InChI is InChI=1S/C24H26BrFN4O3/c1-2-18-7-15(11-30(18)10-14-4-3-5-17(25)6-14)22(32)19-9-27-13-28-24(19)29-20-8-16(12-31)23(33)21(20)26/h3-7,9,11,13,16,20-21,23,31,33H,2,8,10,12H2,1H3,(H,27,28,29)/t16-,20?,21-,23-/m1/s1. The molecule has 9 heteroatoms. The summed E-state index contributed by atoms with van der Waals surface area (Å²) < 4.78 is 17.6. The number of carbonyl (C=O) groups is 1. The number of anilines is 1. The van der Waals surface area contributed by atoms with E-state index in [0.29, 0.717) is 12.1 Å². The molecule has 4 atom stereocenters. The summed E-state index contributed by atoms with van der Waals surface area (Å²) in [7, 11) is 0. The molecule has 0 radical (unpaired) electrons. The van der Waals surface area contributed by atoms with E-state index in [-0.39, 0.29) is 30.2 Å². The van der Waals surface area contributed by atoms with Crippen molar-refractivity contribution in [2.75, 3.05) is 11.9 Å². The summed E-state index contributed by atoms with van der Waals surface area (Å²) in [6.07, 6.45) is 2.68. The lowest BCUT2D eigenvalue weighted by Gasteiger charge is -2.18. The maximum atomic E-state index is 14.5. The number of benzene rings is 1. The van der Waals surface area contributed by atoms with Crippen LogP contribution in [0.3, 0.4) is 0 Å². The van der Waals surface area contributed by atoms with Crippen LogP contribution in [0.1, 0.15) is 40.5 Å². The first-order valence-corrected chi connectivity index (χ1v) is 11.7. The molecule has 1 unspecified atom stereocenters. The fourth-order valence-corrected chi connectivity index (χ4v) is 4.76. The molecule has 7 nitrogen and oxygen atoms in total. The number of rotatable bonds is 8. The number of aliphatic hydroxyl groups excluding tert-OH is 2. The highest BCUT2D eigenvalue weighted by molar-refractivity contribution is 9.10. The number of nitrogens with zero attached hydrogens (tertiary/aromatic N) is 3. The largest absolute Gasteiger partial charge is 0.396 e. The number of aromatic nitrogens is 3. The number of alkyl halides is 1. The van der Waals surface area contributed by atoms with E-state index >= 15 is 0 Å². The topological polar surface area (TPSA) is 100 Å². The Morgan fingerprint density at radius 3 is 2.88 bits per heavy atom. The van der Waals surface area contributed by atoms with E-state index in [4.69, 9.17) is 0 Å². The summed E-state index contributed by atoms with van der Waals surface area (Å²) in [5, 5.41) is 22.3. The highest BCUT2D eigenvalue weighted by Crippen LogP contribution is 2.31.